The van der Waals surface area contributed by atoms with Crippen molar-refractivity contribution in [3.63, 3.8) is 0 Å². The van der Waals surface area contributed by atoms with Crippen molar-refractivity contribution >= 4 is 0 Å². The SMILES string of the molecule is CC(C)(N)CC(O)C1=CCCO1. The lowest BCUT2D eigenvalue weighted by Gasteiger charge is -2.22. The minimum atomic E-state index is -0.535. The number of aliphatic hydroxyl groups is 1. The zero-order valence-electron chi connectivity index (χ0n) is 7.71. The third-order valence-corrected chi connectivity index (χ3v) is 1.78. The first-order valence-electron chi connectivity index (χ1n) is 4.29. The van der Waals surface area contributed by atoms with Gasteiger partial charge < -0.3 is 15.6 Å². The molecule has 1 rings (SSSR count). The minimum Gasteiger partial charge on any atom is -0.495 e. The predicted molar refractivity (Wildman–Crippen MR) is 47.5 cm³/mol. The molecule has 0 aliphatic carbocycles. The van der Waals surface area contributed by atoms with E-state index in [4.69, 9.17) is 10.5 Å². The Bertz CT molecular complexity index is 181. The second-order valence-electron chi connectivity index (χ2n) is 3.95. The Balaban J connectivity index is 2.42. The standard InChI is InChI=1S/C9H17NO2/c1-9(2,10)6-7(11)8-4-3-5-12-8/h4,7,11H,3,5-6,10H2,1-2H3. The van der Waals surface area contributed by atoms with E-state index in [1.165, 1.54) is 0 Å². The van der Waals surface area contributed by atoms with E-state index in [0.717, 1.165) is 6.42 Å². The molecule has 0 bridgehead atoms. The molecule has 70 valence electrons. The van der Waals surface area contributed by atoms with E-state index in [0.29, 0.717) is 18.8 Å². The smallest absolute Gasteiger partial charge is 0.121 e. The zero-order chi connectivity index (χ0) is 9.19. The number of hydrogen-bond acceptors (Lipinski definition) is 3. The van der Waals surface area contributed by atoms with Gasteiger partial charge >= 0.3 is 0 Å². The first-order valence-corrected chi connectivity index (χ1v) is 4.29. The molecule has 0 saturated heterocycles. The fourth-order valence-corrected chi connectivity index (χ4v) is 1.27. The lowest BCUT2D eigenvalue weighted by atomic mass is 9.97. The molecule has 1 aliphatic rings. The van der Waals surface area contributed by atoms with Gasteiger partial charge in [0.15, 0.2) is 0 Å². The monoisotopic (exact) mass is 171 g/mol. The lowest BCUT2D eigenvalue weighted by Crippen LogP contribution is -2.36. The summed E-state index contributed by atoms with van der Waals surface area (Å²) >= 11 is 0. The van der Waals surface area contributed by atoms with E-state index in [2.05, 4.69) is 0 Å². The highest BCUT2D eigenvalue weighted by molar-refractivity contribution is 5.05. The summed E-state index contributed by atoms with van der Waals surface area (Å²) in [6, 6.07) is 0. The van der Waals surface area contributed by atoms with Crippen molar-refractivity contribution in [1.29, 1.82) is 0 Å². The molecular formula is C9H17NO2. The maximum absolute atomic E-state index is 9.61. The average Bonchev–Trinajstić information content (AvgIpc) is 2.32. The highest BCUT2D eigenvalue weighted by atomic mass is 16.5. The van der Waals surface area contributed by atoms with E-state index in [1.807, 2.05) is 19.9 Å². The van der Waals surface area contributed by atoms with Gasteiger partial charge in [-0.3, -0.25) is 0 Å². The van der Waals surface area contributed by atoms with Crippen LogP contribution in [-0.4, -0.2) is 23.4 Å². The molecule has 0 amide bonds. The van der Waals surface area contributed by atoms with Gasteiger partial charge in [-0.05, 0) is 26.3 Å². The van der Waals surface area contributed by atoms with Gasteiger partial charge in [0.05, 0.1) is 6.61 Å². The summed E-state index contributed by atoms with van der Waals surface area (Å²) in [5.41, 5.74) is 5.42. The van der Waals surface area contributed by atoms with Gasteiger partial charge in [0, 0.05) is 12.0 Å². The van der Waals surface area contributed by atoms with Gasteiger partial charge in [0.1, 0.15) is 11.9 Å². The Morgan fingerprint density at radius 1 is 1.75 bits per heavy atom. The molecule has 3 nitrogen and oxygen atoms in total. The van der Waals surface area contributed by atoms with E-state index in [-0.39, 0.29) is 5.54 Å². The van der Waals surface area contributed by atoms with Crippen LogP contribution < -0.4 is 5.73 Å². The van der Waals surface area contributed by atoms with Gasteiger partial charge in [0.2, 0.25) is 0 Å². The minimum absolute atomic E-state index is 0.341. The molecule has 12 heavy (non-hydrogen) atoms. The van der Waals surface area contributed by atoms with Gasteiger partial charge in [-0.15, -0.1) is 0 Å². The van der Waals surface area contributed by atoms with Gasteiger partial charge in [-0.2, -0.15) is 0 Å². The Hall–Kier alpha value is -0.540. The first-order chi connectivity index (χ1) is 5.49. The van der Waals surface area contributed by atoms with Crippen LogP contribution in [0.15, 0.2) is 11.8 Å². The maximum Gasteiger partial charge on any atom is 0.121 e. The number of nitrogens with two attached hydrogens (primary N) is 1. The largest absolute Gasteiger partial charge is 0.495 e. The zero-order valence-corrected chi connectivity index (χ0v) is 7.71. The van der Waals surface area contributed by atoms with Gasteiger partial charge in [0.25, 0.3) is 0 Å². The molecule has 3 heteroatoms. The predicted octanol–water partition coefficient (Wildman–Crippen LogP) is 0.779. The van der Waals surface area contributed by atoms with E-state index in [1.54, 1.807) is 0 Å². The van der Waals surface area contributed by atoms with Crippen LogP contribution in [0.25, 0.3) is 0 Å². The third kappa shape index (κ3) is 2.83. The quantitative estimate of drug-likeness (QED) is 0.659. The summed E-state index contributed by atoms with van der Waals surface area (Å²) < 4.78 is 5.22. The van der Waals surface area contributed by atoms with Crippen LogP contribution in [0.4, 0.5) is 0 Å². The molecule has 0 aromatic carbocycles. The fourth-order valence-electron chi connectivity index (χ4n) is 1.27. The van der Waals surface area contributed by atoms with Crippen molar-refractivity contribution in [2.45, 2.75) is 38.3 Å². The molecule has 0 aromatic rings. The topological polar surface area (TPSA) is 55.5 Å². The molecule has 0 aromatic heterocycles. The van der Waals surface area contributed by atoms with E-state index in [9.17, 15) is 5.11 Å². The molecule has 3 N–H and O–H groups in total. The highest BCUT2D eigenvalue weighted by Gasteiger charge is 2.22. The Labute approximate surface area is 73.2 Å². The van der Waals surface area contributed by atoms with Crippen molar-refractivity contribution < 1.29 is 9.84 Å². The van der Waals surface area contributed by atoms with Crippen LogP contribution in [0, 0.1) is 0 Å². The molecule has 0 fully saturated rings. The Morgan fingerprint density at radius 2 is 2.42 bits per heavy atom. The normalized spacial score (nSPS) is 20.2. The van der Waals surface area contributed by atoms with Crippen molar-refractivity contribution in [2.24, 2.45) is 5.73 Å². The molecule has 0 spiro atoms. The third-order valence-electron chi connectivity index (χ3n) is 1.78. The molecule has 1 aliphatic heterocycles. The fraction of sp³-hybridized carbons (Fsp3) is 0.778. The summed E-state index contributed by atoms with van der Waals surface area (Å²) in [4.78, 5) is 0. The maximum atomic E-state index is 9.61. The molecule has 1 unspecified atom stereocenters. The van der Waals surface area contributed by atoms with Crippen LogP contribution in [-0.2, 0) is 4.74 Å². The average molecular weight is 171 g/mol. The van der Waals surface area contributed by atoms with Crippen molar-refractivity contribution in [2.75, 3.05) is 6.61 Å². The summed E-state index contributed by atoms with van der Waals surface area (Å²) in [5.74, 6) is 0.688. The van der Waals surface area contributed by atoms with Crippen LogP contribution in [0.2, 0.25) is 0 Å². The van der Waals surface area contributed by atoms with Crippen LogP contribution >= 0.6 is 0 Å². The Morgan fingerprint density at radius 3 is 2.83 bits per heavy atom. The second kappa shape index (κ2) is 3.46. The van der Waals surface area contributed by atoms with Crippen molar-refractivity contribution in [3.05, 3.63) is 11.8 Å². The number of aliphatic hydroxyl groups excluding tert-OH is 1. The number of hydrogen-bond donors (Lipinski definition) is 2. The lowest BCUT2D eigenvalue weighted by molar-refractivity contribution is 0.0976. The first kappa shape index (κ1) is 9.55. The van der Waals surface area contributed by atoms with Gasteiger partial charge in [-0.25, -0.2) is 0 Å². The summed E-state index contributed by atoms with van der Waals surface area (Å²) in [6.07, 6.45) is 2.83. The van der Waals surface area contributed by atoms with Crippen LogP contribution in [0.5, 0.6) is 0 Å². The van der Waals surface area contributed by atoms with E-state index >= 15 is 0 Å². The van der Waals surface area contributed by atoms with Crippen LogP contribution in [0.3, 0.4) is 0 Å². The second-order valence-corrected chi connectivity index (χ2v) is 3.95. The summed E-state index contributed by atoms with van der Waals surface area (Å²) in [6.45, 7) is 4.48. The highest BCUT2D eigenvalue weighted by Crippen LogP contribution is 2.19. The van der Waals surface area contributed by atoms with E-state index < -0.39 is 6.10 Å². The Kier molecular flexibility index (Phi) is 2.75. The van der Waals surface area contributed by atoms with Crippen LogP contribution in [0.1, 0.15) is 26.7 Å². The van der Waals surface area contributed by atoms with Crippen molar-refractivity contribution in [3.8, 4) is 0 Å². The molecule has 0 radical (unpaired) electrons. The molecular weight excluding hydrogens is 154 g/mol. The summed E-state index contributed by atoms with van der Waals surface area (Å²) in [5, 5.41) is 9.61. The van der Waals surface area contributed by atoms with Gasteiger partial charge in [-0.1, -0.05) is 0 Å². The number of rotatable bonds is 3. The molecule has 0 saturated carbocycles. The number of ether oxygens (including phenoxy) is 1. The summed E-state index contributed by atoms with van der Waals surface area (Å²) in [7, 11) is 0. The molecule has 1 heterocycles. The molecule has 1 atom stereocenters. The van der Waals surface area contributed by atoms with Crippen molar-refractivity contribution in [1.82, 2.24) is 0 Å².